The molecule has 0 spiro atoms. The number of H-pyrrole nitrogens is 1. The number of carbonyl (C=O) groups is 2. The number of aryl methyl sites for hydroxylation is 2. The minimum atomic E-state index is -0.895. The zero-order valence-electron chi connectivity index (χ0n) is 28.2. The molecule has 0 unspecified atom stereocenters. The summed E-state index contributed by atoms with van der Waals surface area (Å²) in [5.74, 6) is 0.497. The fraction of sp³-hybridized carbons (Fsp3) is 0.472. The molecule has 6 rings (SSSR count). The van der Waals surface area contributed by atoms with E-state index < -0.39 is 16.6 Å². The van der Waals surface area contributed by atoms with Crippen LogP contribution in [-0.2, 0) is 28.0 Å². The number of morpholine rings is 1. The van der Waals surface area contributed by atoms with Gasteiger partial charge in [0.05, 0.1) is 24.3 Å². The molecular weight excluding hydrogens is 580 g/mol. The van der Waals surface area contributed by atoms with Gasteiger partial charge in [0.25, 0.3) is 5.91 Å². The lowest BCUT2D eigenvalue weighted by Crippen LogP contribution is -2.64. The average molecular weight is 625 g/mol. The third-order valence-electron chi connectivity index (χ3n) is 9.26. The summed E-state index contributed by atoms with van der Waals surface area (Å²) < 4.78 is 12.3. The van der Waals surface area contributed by atoms with Crippen LogP contribution in [0.2, 0.25) is 0 Å². The molecule has 46 heavy (non-hydrogen) atoms. The van der Waals surface area contributed by atoms with E-state index in [1.54, 1.807) is 19.3 Å². The van der Waals surface area contributed by atoms with Crippen LogP contribution in [0.25, 0.3) is 22.2 Å². The Labute approximate surface area is 270 Å². The number of aromatic amines is 1. The molecule has 1 atom stereocenters. The van der Waals surface area contributed by atoms with Crippen LogP contribution in [0.15, 0.2) is 43.0 Å². The molecule has 2 aliphatic heterocycles. The second-order valence-corrected chi connectivity index (χ2v) is 14.5. The molecule has 10 heteroatoms. The van der Waals surface area contributed by atoms with Crippen LogP contribution in [0.3, 0.4) is 0 Å². The Hall–Kier alpha value is -4.31. The number of carbonyl (C=O) groups excluding carboxylic acids is 2. The number of aromatic nitrogens is 4. The maximum atomic E-state index is 14.1. The Balaban J connectivity index is 1.55. The first-order chi connectivity index (χ1) is 21.7. The Bertz CT molecular complexity index is 1800. The first-order valence-electron chi connectivity index (χ1n) is 15.9. The number of nitrogens with zero attached hydrogens (tertiary/aromatic N) is 5. The van der Waals surface area contributed by atoms with Gasteiger partial charge in [0.1, 0.15) is 17.1 Å². The summed E-state index contributed by atoms with van der Waals surface area (Å²) in [6, 6.07) is 6.57. The molecule has 10 nitrogen and oxygen atoms in total. The van der Waals surface area contributed by atoms with Gasteiger partial charge >= 0.3 is 6.09 Å². The highest BCUT2D eigenvalue weighted by molar-refractivity contribution is 5.94. The number of pyridine rings is 1. The smallest absolute Gasteiger partial charge is 0.411 e. The lowest BCUT2D eigenvalue weighted by Gasteiger charge is -2.55. The van der Waals surface area contributed by atoms with Crippen molar-refractivity contribution < 1.29 is 19.1 Å². The predicted octanol–water partition coefficient (Wildman–Crippen LogP) is 6.34. The molecule has 2 amide bonds. The van der Waals surface area contributed by atoms with E-state index in [1.807, 2.05) is 43.0 Å². The van der Waals surface area contributed by atoms with E-state index >= 15 is 0 Å². The molecule has 0 radical (unpaired) electrons. The third kappa shape index (κ3) is 5.63. The molecule has 1 N–H and O–H groups in total. The van der Waals surface area contributed by atoms with Crippen molar-refractivity contribution in [1.82, 2.24) is 29.7 Å². The van der Waals surface area contributed by atoms with Gasteiger partial charge in [-0.1, -0.05) is 26.8 Å². The monoisotopic (exact) mass is 624 g/mol. The SMILES string of the molecule is Cc1ncc(C(=O)N2CCc3cc(-c4cnc5[nH]cc(C)c5c4)cc([C@]4(C(C)(C)C)COCCN4C(=O)OC(C)(C)C)c3C2)cn1. The summed E-state index contributed by atoms with van der Waals surface area (Å²) in [7, 11) is 0. The quantitative estimate of drug-likeness (QED) is 0.283. The molecule has 1 aromatic carbocycles. The standard InChI is InChI=1S/C36H44N6O4/c1-22-16-39-31-28(22)14-26(17-40-31)25-13-24-9-10-41(32(43)27-18-37-23(2)38-19-27)20-29(24)30(15-25)36(34(3,4)5)21-45-12-11-42(36)33(44)46-35(6,7)8/h13-19H,9-12,20-21H2,1-8H3,(H,39,40)/t36-/m0/s1. The molecule has 2 aliphatic rings. The zero-order chi connectivity index (χ0) is 33.0. The van der Waals surface area contributed by atoms with Crippen molar-refractivity contribution in [2.75, 3.05) is 26.3 Å². The fourth-order valence-electron chi connectivity index (χ4n) is 6.81. The van der Waals surface area contributed by atoms with Crippen molar-refractivity contribution in [3.8, 4) is 11.1 Å². The fourth-order valence-corrected chi connectivity index (χ4v) is 6.81. The molecule has 242 valence electrons. The maximum Gasteiger partial charge on any atom is 0.411 e. The van der Waals surface area contributed by atoms with Crippen LogP contribution < -0.4 is 0 Å². The van der Waals surface area contributed by atoms with Gasteiger partial charge in [-0.15, -0.1) is 0 Å². The highest BCUT2D eigenvalue weighted by Crippen LogP contribution is 2.50. The Kier molecular flexibility index (Phi) is 7.91. The van der Waals surface area contributed by atoms with Gasteiger partial charge < -0.3 is 19.4 Å². The second kappa shape index (κ2) is 11.5. The summed E-state index contributed by atoms with van der Waals surface area (Å²) >= 11 is 0. The maximum absolute atomic E-state index is 14.1. The molecule has 0 saturated carbocycles. The summed E-state index contributed by atoms with van der Waals surface area (Å²) in [5, 5.41) is 1.07. The highest BCUT2D eigenvalue weighted by Gasteiger charge is 2.54. The van der Waals surface area contributed by atoms with Gasteiger partial charge in [0.2, 0.25) is 0 Å². The predicted molar refractivity (Wildman–Crippen MR) is 176 cm³/mol. The van der Waals surface area contributed by atoms with Crippen molar-refractivity contribution in [3.63, 3.8) is 0 Å². The molecule has 0 aliphatic carbocycles. The topological polar surface area (TPSA) is 114 Å². The van der Waals surface area contributed by atoms with E-state index in [2.05, 4.69) is 60.8 Å². The third-order valence-corrected chi connectivity index (χ3v) is 9.26. The lowest BCUT2D eigenvalue weighted by atomic mass is 9.65. The lowest BCUT2D eigenvalue weighted by molar-refractivity contribution is -0.122. The summed E-state index contributed by atoms with van der Waals surface area (Å²) in [6.07, 6.45) is 7.32. The van der Waals surface area contributed by atoms with E-state index in [-0.39, 0.29) is 12.0 Å². The van der Waals surface area contributed by atoms with Crippen LogP contribution in [0.1, 0.15) is 80.0 Å². The molecule has 3 aromatic heterocycles. The summed E-state index contributed by atoms with van der Waals surface area (Å²) in [6.45, 7) is 18.0. The minimum absolute atomic E-state index is 0.119. The number of hydrogen-bond acceptors (Lipinski definition) is 7. The van der Waals surface area contributed by atoms with Crippen LogP contribution in [0, 0.1) is 19.3 Å². The summed E-state index contributed by atoms with van der Waals surface area (Å²) in [5.41, 5.74) is 5.50. The average Bonchev–Trinajstić information content (AvgIpc) is 3.38. The largest absolute Gasteiger partial charge is 0.444 e. The van der Waals surface area contributed by atoms with Crippen molar-refractivity contribution in [3.05, 3.63) is 76.6 Å². The normalized spacial score (nSPS) is 18.9. The minimum Gasteiger partial charge on any atom is -0.444 e. The van der Waals surface area contributed by atoms with Crippen molar-refractivity contribution in [1.29, 1.82) is 0 Å². The first kappa shape index (κ1) is 31.7. The van der Waals surface area contributed by atoms with Gasteiger partial charge in [0, 0.05) is 55.4 Å². The number of ether oxygens (including phenoxy) is 2. The van der Waals surface area contributed by atoms with Gasteiger partial charge in [-0.05, 0) is 86.4 Å². The second-order valence-electron chi connectivity index (χ2n) is 14.5. The van der Waals surface area contributed by atoms with Gasteiger partial charge in [-0.2, -0.15) is 0 Å². The molecule has 1 fully saturated rings. The summed E-state index contributed by atoms with van der Waals surface area (Å²) in [4.78, 5) is 48.0. The number of rotatable bonds is 3. The Morgan fingerprint density at radius 2 is 1.70 bits per heavy atom. The van der Waals surface area contributed by atoms with Crippen LogP contribution >= 0.6 is 0 Å². The van der Waals surface area contributed by atoms with E-state index in [0.29, 0.717) is 50.7 Å². The van der Waals surface area contributed by atoms with Crippen molar-refractivity contribution in [2.45, 2.75) is 79.5 Å². The van der Waals surface area contributed by atoms with Gasteiger partial charge in [-0.3, -0.25) is 9.69 Å². The first-order valence-corrected chi connectivity index (χ1v) is 15.9. The van der Waals surface area contributed by atoms with Crippen LogP contribution in [-0.4, -0.2) is 73.6 Å². The molecular formula is C36H44N6O4. The number of nitrogens with one attached hydrogen (secondary N) is 1. The number of amides is 2. The molecule has 0 bridgehead atoms. The molecule has 4 aromatic rings. The van der Waals surface area contributed by atoms with Gasteiger partial charge in [-0.25, -0.2) is 19.7 Å². The van der Waals surface area contributed by atoms with E-state index in [4.69, 9.17) is 14.5 Å². The van der Waals surface area contributed by atoms with E-state index in [9.17, 15) is 9.59 Å². The van der Waals surface area contributed by atoms with E-state index in [1.165, 1.54) is 0 Å². The van der Waals surface area contributed by atoms with Gasteiger partial charge in [0.15, 0.2) is 0 Å². The van der Waals surface area contributed by atoms with Crippen LogP contribution in [0.4, 0.5) is 4.79 Å². The number of hydrogen-bond donors (Lipinski definition) is 1. The zero-order valence-corrected chi connectivity index (χ0v) is 28.2. The highest BCUT2D eigenvalue weighted by atomic mass is 16.6. The Morgan fingerprint density at radius 3 is 2.39 bits per heavy atom. The van der Waals surface area contributed by atoms with Crippen molar-refractivity contribution in [2.24, 2.45) is 5.41 Å². The van der Waals surface area contributed by atoms with Crippen LogP contribution in [0.5, 0.6) is 0 Å². The molecule has 1 saturated heterocycles. The molecule has 5 heterocycles. The number of fused-ring (bicyclic) bond motifs is 2. The number of benzene rings is 1. The Morgan fingerprint density at radius 1 is 0.957 bits per heavy atom. The van der Waals surface area contributed by atoms with E-state index in [0.717, 1.165) is 44.4 Å². The van der Waals surface area contributed by atoms with Crippen molar-refractivity contribution >= 4 is 23.0 Å².